The molecule has 8 bridgehead atoms. The number of rotatable bonds is 5. The summed E-state index contributed by atoms with van der Waals surface area (Å²) in [4.78, 5) is 23.2. The molecule has 4 nitrogen and oxygen atoms in total. The minimum Gasteiger partial charge on any atom is -0.478 e. The van der Waals surface area contributed by atoms with Crippen LogP contribution in [0.25, 0.3) is 0 Å². The number of carbonyl (C=O) groups is 2. The highest BCUT2D eigenvalue weighted by Gasteiger charge is 2.73. The molecule has 40 heavy (non-hydrogen) atoms. The number of hydrogen-bond donors (Lipinski definition) is 2. The molecule has 2 N–H and O–H groups in total. The lowest BCUT2D eigenvalue weighted by Crippen LogP contribution is -2.69. The zero-order chi connectivity index (χ0) is 27.8. The van der Waals surface area contributed by atoms with Crippen molar-refractivity contribution < 1.29 is 19.8 Å². The third kappa shape index (κ3) is 3.31. The molecule has 0 radical (unpaired) electrons. The van der Waals surface area contributed by atoms with Crippen molar-refractivity contribution in [3.8, 4) is 0 Å². The molecule has 0 heterocycles. The van der Waals surface area contributed by atoms with Crippen LogP contribution in [0.3, 0.4) is 0 Å². The van der Waals surface area contributed by atoms with E-state index in [1.807, 2.05) is 24.3 Å². The molecule has 4 heteroatoms. The molecule has 10 rings (SSSR count). The van der Waals surface area contributed by atoms with Gasteiger partial charge in [0, 0.05) is 0 Å². The molecule has 0 aliphatic heterocycles. The molecule has 4 atom stereocenters. The number of carboxylic acids is 2. The molecule has 2 aromatic rings. The number of carboxylic acid groups (broad SMARTS) is 2. The largest absolute Gasteiger partial charge is 0.478 e. The maximum atomic E-state index is 11.6. The van der Waals surface area contributed by atoms with Crippen molar-refractivity contribution >= 4 is 11.9 Å². The summed E-state index contributed by atoms with van der Waals surface area (Å²) in [6.45, 7) is 5.16. The Morgan fingerprint density at radius 2 is 1.02 bits per heavy atom. The predicted octanol–water partition coefficient (Wildman–Crippen LogP) is 8.24. The van der Waals surface area contributed by atoms with Gasteiger partial charge in [-0.15, -0.1) is 0 Å². The molecule has 8 saturated carbocycles. The van der Waals surface area contributed by atoms with Crippen molar-refractivity contribution in [1.82, 2.24) is 0 Å². The standard InChI is InChI=1S/C36H42O4/c1-31-16-32(2)18-34(17-31,28-9-5-26(6-10-28)30(39)40)22-36(19-31,20-32)35-14-23-11-24(15-35)13-33(12-23,21-35)27-7-3-25(4-8-27)29(37)38/h3-10,23-24H,11-22H2,1-2H3,(H,37,38)(H,39,40). The summed E-state index contributed by atoms with van der Waals surface area (Å²) in [5.74, 6) is -0.132. The van der Waals surface area contributed by atoms with Crippen LogP contribution in [0.5, 0.6) is 0 Å². The maximum Gasteiger partial charge on any atom is 0.335 e. The lowest BCUT2D eigenvalue weighted by atomic mass is 9.27. The minimum atomic E-state index is -0.845. The first-order valence-corrected chi connectivity index (χ1v) is 15.6. The van der Waals surface area contributed by atoms with E-state index in [1.165, 1.54) is 88.2 Å². The van der Waals surface area contributed by atoms with Crippen LogP contribution in [0.4, 0.5) is 0 Å². The lowest BCUT2D eigenvalue weighted by molar-refractivity contribution is -0.249. The third-order valence-corrected chi connectivity index (χ3v) is 13.3. The van der Waals surface area contributed by atoms with Gasteiger partial charge in [0.2, 0.25) is 0 Å². The van der Waals surface area contributed by atoms with Gasteiger partial charge in [0.25, 0.3) is 0 Å². The van der Waals surface area contributed by atoms with Crippen LogP contribution in [-0.2, 0) is 10.8 Å². The van der Waals surface area contributed by atoms with Gasteiger partial charge in [0.1, 0.15) is 0 Å². The fourth-order valence-electron chi connectivity index (χ4n) is 13.7. The van der Waals surface area contributed by atoms with Crippen molar-refractivity contribution in [2.75, 3.05) is 0 Å². The molecule has 0 saturated heterocycles. The summed E-state index contributed by atoms with van der Waals surface area (Å²) in [5.41, 5.74) is 5.18. The Balaban J connectivity index is 1.23. The molecule has 8 aliphatic carbocycles. The van der Waals surface area contributed by atoms with E-state index in [2.05, 4.69) is 38.1 Å². The monoisotopic (exact) mass is 538 g/mol. The first-order chi connectivity index (χ1) is 18.9. The van der Waals surface area contributed by atoms with Gasteiger partial charge in [0.15, 0.2) is 0 Å². The Hall–Kier alpha value is -2.62. The molecule has 0 aromatic heterocycles. The van der Waals surface area contributed by atoms with E-state index in [-0.39, 0.29) is 10.8 Å². The Bertz CT molecular complexity index is 1390. The molecule has 8 fully saturated rings. The Kier molecular flexibility index (Phi) is 4.78. The van der Waals surface area contributed by atoms with Gasteiger partial charge in [-0.2, -0.15) is 0 Å². The second-order valence-corrected chi connectivity index (χ2v) is 16.5. The van der Waals surface area contributed by atoms with Crippen LogP contribution in [0, 0.1) is 33.5 Å². The van der Waals surface area contributed by atoms with Crippen molar-refractivity contribution in [3.63, 3.8) is 0 Å². The summed E-state index contributed by atoms with van der Waals surface area (Å²) in [6.07, 6.45) is 15.7. The number of benzene rings is 2. The van der Waals surface area contributed by atoms with Crippen molar-refractivity contribution in [1.29, 1.82) is 0 Å². The van der Waals surface area contributed by atoms with Crippen LogP contribution in [0.1, 0.15) is 123 Å². The Morgan fingerprint density at radius 1 is 0.575 bits per heavy atom. The minimum absolute atomic E-state index is 0.134. The van der Waals surface area contributed by atoms with Gasteiger partial charge in [-0.1, -0.05) is 38.1 Å². The quantitative estimate of drug-likeness (QED) is 0.402. The zero-order valence-corrected chi connectivity index (χ0v) is 24.0. The normalized spacial score (nSPS) is 46.0. The van der Waals surface area contributed by atoms with Gasteiger partial charge in [-0.3, -0.25) is 0 Å². The highest BCUT2D eigenvalue weighted by Crippen LogP contribution is 2.82. The number of hydrogen-bond acceptors (Lipinski definition) is 2. The van der Waals surface area contributed by atoms with Crippen LogP contribution >= 0.6 is 0 Å². The van der Waals surface area contributed by atoms with Crippen LogP contribution in [0.15, 0.2) is 48.5 Å². The smallest absolute Gasteiger partial charge is 0.335 e. The average Bonchev–Trinajstić information content (AvgIpc) is 2.86. The van der Waals surface area contributed by atoms with Crippen LogP contribution in [-0.4, -0.2) is 22.2 Å². The average molecular weight is 539 g/mol. The molecular weight excluding hydrogens is 496 g/mol. The van der Waals surface area contributed by atoms with Crippen molar-refractivity contribution in [2.24, 2.45) is 33.5 Å². The van der Waals surface area contributed by atoms with E-state index in [0.29, 0.717) is 32.8 Å². The second-order valence-electron chi connectivity index (χ2n) is 16.5. The molecule has 8 aliphatic rings. The van der Waals surface area contributed by atoms with Crippen LogP contribution in [0.2, 0.25) is 0 Å². The van der Waals surface area contributed by atoms with Gasteiger partial charge in [-0.25, -0.2) is 9.59 Å². The summed E-state index contributed by atoms with van der Waals surface area (Å²) in [7, 11) is 0. The fraction of sp³-hybridized carbons (Fsp3) is 0.611. The number of aromatic carboxylic acids is 2. The Morgan fingerprint density at radius 3 is 1.50 bits per heavy atom. The van der Waals surface area contributed by atoms with E-state index in [0.717, 1.165) is 11.8 Å². The van der Waals surface area contributed by atoms with Gasteiger partial charge >= 0.3 is 11.9 Å². The third-order valence-electron chi connectivity index (χ3n) is 13.3. The van der Waals surface area contributed by atoms with Gasteiger partial charge in [0.05, 0.1) is 11.1 Å². The molecule has 210 valence electrons. The summed E-state index contributed by atoms with van der Waals surface area (Å²) in [5, 5.41) is 19.1. The summed E-state index contributed by atoms with van der Waals surface area (Å²) < 4.78 is 0. The van der Waals surface area contributed by atoms with E-state index in [4.69, 9.17) is 0 Å². The SMILES string of the molecule is CC12CC3(C)CC(c4ccc(C(=O)O)cc4)(C1)CC(C14CC5CC(CC(c6ccc(C(=O)O)cc6)(C5)C1)C4)(C2)C3. The topological polar surface area (TPSA) is 74.6 Å². The van der Waals surface area contributed by atoms with Crippen molar-refractivity contribution in [3.05, 3.63) is 70.8 Å². The summed E-state index contributed by atoms with van der Waals surface area (Å²) >= 11 is 0. The molecule has 2 aromatic carbocycles. The maximum absolute atomic E-state index is 11.6. The molecule has 0 amide bonds. The van der Waals surface area contributed by atoms with E-state index in [9.17, 15) is 19.8 Å². The summed E-state index contributed by atoms with van der Waals surface area (Å²) in [6, 6.07) is 16.0. The van der Waals surface area contributed by atoms with E-state index >= 15 is 0 Å². The second kappa shape index (κ2) is 7.61. The molecule has 0 spiro atoms. The highest BCUT2D eigenvalue weighted by atomic mass is 16.4. The predicted molar refractivity (Wildman–Crippen MR) is 154 cm³/mol. The molecular formula is C36H42O4. The lowest BCUT2D eigenvalue weighted by Gasteiger charge is -2.77. The van der Waals surface area contributed by atoms with E-state index < -0.39 is 11.9 Å². The van der Waals surface area contributed by atoms with E-state index in [1.54, 1.807) is 0 Å². The molecule has 4 unspecified atom stereocenters. The fourth-order valence-corrected chi connectivity index (χ4v) is 13.7. The first kappa shape index (κ1) is 25.1. The van der Waals surface area contributed by atoms with Crippen molar-refractivity contribution in [2.45, 2.75) is 102 Å². The van der Waals surface area contributed by atoms with Crippen LogP contribution < -0.4 is 0 Å². The van der Waals surface area contributed by atoms with Gasteiger partial charge < -0.3 is 10.2 Å². The zero-order valence-electron chi connectivity index (χ0n) is 24.0. The first-order valence-electron chi connectivity index (χ1n) is 15.6. The van der Waals surface area contributed by atoms with Gasteiger partial charge in [-0.05, 0) is 157 Å². The highest BCUT2D eigenvalue weighted by molar-refractivity contribution is 5.88. The Labute approximate surface area is 237 Å².